The topological polar surface area (TPSA) is 85.2 Å². The van der Waals surface area contributed by atoms with Gasteiger partial charge in [0.1, 0.15) is 12.7 Å². The van der Waals surface area contributed by atoms with E-state index in [-0.39, 0.29) is 42.4 Å². The molecule has 7 heteroatoms. The van der Waals surface area contributed by atoms with Crippen LogP contribution in [0.25, 0.3) is 0 Å². The maximum Gasteiger partial charge on any atom is 0.306 e. The summed E-state index contributed by atoms with van der Waals surface area (Å²) in [6.45, 7) is 6.13. The van der Waals surface area contributed by atoms with E-state index >= 15 is 0 Å². The van der Waals surface area contributed by atoms with Crippen molar-refractivity contribution in [1.82, 2.24) is 0 Å². The number of fused-ring (bicyclic) bond motifs is 1. The average Bonchev–Trinajstić information content (AvgIpc) is 2.94. The normalized spacial score (nSPS) is 28.0. The third kappa shape index (κ3) is 7.79. The fraction of sp³-hybridized carbons (Fsp3) is 0.667. The molecule has 1 saturated heterocycles. The third-order valence-electron chi connectivity index (χ3n) is 6.76. The van der Waals surface area contributed by atoms with Crippen LogP contribution in [0.2, 0.25) is 0 Å². The van der Waals surface area contributed by atoms with Crippen molar-refractivity contribution in [3.8, 4) is 5.75 Å². The zero-order valence-electron chi connectivity index (χ0n) is 20.5. The largest absolute Gasteiger partial charge is 0.487 e. The average molecular weight is 479 g/mol. The van der Waals surface area contributed by atoms with Gasteiger partial charge in [-0.2, -0.15) is 0 Å². The second-order valence-corrected chi connectivity index (χ2v) is 9.99. The van der Waals surface area contributed by atoms with Crippen LogP contribution in [-0.2, 0) is 14.3 Å². The smallest absolute Gasteiger partial charge is 0.306 e. The Kier molecular flexibility index (Phi) is 9.92. The summed E-state index contributed by atoms with van der Waals surface area (Å²) in [7, 11) is 0. The third-order valence-corrected chi connectivity index (χ3v) is 6.76. The first-order valence-corrected chi connectivity index (χ1v) is 12.5. The van der Waals surface area contributed by atoms with E-state index in [1.54, 1.807) is 18.2 Å². The molecule has 0 bridgehead atoms. The zero-order chi connectivity index (χ0) is 24.7. The van der Waals surface area contributed by atoms with Crippen LogP contribution in [0, 0.1) is 30.5 Å². The van der Waals surface area contributed by atoms with Gasteiger partial charge in [-0.1, -0.05) is 18.2 Å². The van der Waals surface area contributed by atoms with Crippen molar-refractivity contribution in [2.24, 2.45) is 17.8 Å². The van der Waals surface area contributed by atoms with Gasteiger partial charge in [0.25, 0.3) is 0 Å². The fourth-order valence-corrected chi connectivity index (χ4v) is 5.01. The Hall–Kier alpha value is -1.96. The molecule has 1 aromatic carbocycles. The first kappa shape index (κ1) is 26.6. The van der Waals surface area contributed by atoms with Gasteiger partial charge in [-0.05, 0) is 76.0 Å². The first-order valence-electron chi connectivity index (χ1n) is 12.5. The first-order chi connectivity index (χ1) is 16.2. The van der Waals surface area contributed by atoms with E-state index in [1.165, 1.54) is 6.07 Å². The minimum absolute atomic E-state index is 0.00432. The van der Waals surface area contributed by atoms with Crippen LogP contribution >= 0.6 is 0 Å². The molecule has 190 valence electrons. The molecule has 2 fully saturated rings. The van der Waals surface area contributed by atoms with Gasteiger partial charge in [-0.3, -0.25) is 4.79 Å². The zero-order valence-corrected chi connectivity index (χ0v) is 20.5. The van der Waals surface area contributed by atoms with Crippen molar-refractivity contribution in [2.45, 2.75) is 83.7 Å². The Bertz CT molecular complexity index is 825. The van der Waals surface area contributed by atoms with E-state index in [0.717, 1.165) is 31.2 Å². The van der Waals surface area contributed by atoms with Gasteiger partial charge in [0.05, 0.1) is 18.3 Å². The molecule has 0 aromatic heterocycles. The van der Waals surface area contributed by atoms with E-state index in [1.807, 2.05) is 26.8 Å². The molecule has 1 saturated carbocycles. The lowest BCUT2D eigenvalue weighted by molar-refractivity contribution is -0.147. The van der Waals surface area contributed by atoms with Crippen LogP contribution in [0.3, 0.4) is 0 Å². The highest BCUT2D eigenvalue weighted by Gasteiger charge is 2.43. The summed E-state index contributed by atoms with van der Waals surface area (Å²) in [6.07, 6.45) is 6.60. The van der Waals surface area contributed by atoms with E-state index in [9.17, 15) is 19.4 Å². The molecule has 0 radical (unpaired) electrons. The van der Waals surface area contributed by atoms with Gasteiger partial charge >= 0.3 is 5.97 Å². The van der Waals surface area contributed by atoms with Gasteiger partial charge in [0.2, 0.25) is 0 Å². The summed E-state index contributed by atoms with van der Waals surface area (Å²) < 4.78 is 30.6. The number of hydrogen-bond acceptors (Lipinski definition) is 6. The number of carbonyl (C=O) groups excluding carboxylic acids is 1. The molecule has 34 heavy (non-hydrogen) atoms. The van der Waals surface area contributed by atoms with Crippen molar-refractivity contribution in [2.75, 3.05) is 13.2 Å². The van der Waals surface area contributed by atoms with Crippen molar-refractivity contribution >= 4 is 5.97 Å². The molecule has 0 spiro atoms. The Morgan fingerprint density at radius 2 is 2.12 bits per heavy atom. The van der Waals surface area contributed by atoms with E-state index in [0.29, 0.717) is 25.4 Å². The lowest BCUT2D eigenvalue weighted by Gasteiger charge is -2.21. The molecule has 1 aliphatic carbocycles. The standard InChI is InChI=1S/C27H39FO6/c1-17(2)34-27(31)6-4-5-19-8-10-22-21(24(30)14-25(22)32-15-19)11-9-20(29)16-33-26-13-18(3)7-12-23(26)28/h7,9,11-13,17,19-22,24-25,29-30H,4-6,8,10,14-16H2,1-3H3/b11-9+/t19-,20+,21+,22+,24+,25-/m0/s1. The number of esters is 1. The highest BCUT2D eigenvalue weighted by molar-refractivity contribution is 5.69. The number of aliphatic hydroxyl groups excluding tert-OH is 2. The molecule has 3 rings (SSSR count). The van der Waals surface area contributed by atoms with E-state index in [2.05, 4.69) is 0 Å². The van der Waals surface area contributed by atoms with Crippen molar-refractivity contribution in [3.05, 3.63) is 41.7 Å². The van der Waals surface area contributed by atoms with E-state index < -0.39 is 18.0 Å². The molecule has 6 nitrogen and oxygen atoms in total. The highest BCUT2D eigenvalue weighted by atomic mass is 19.1. The SMILES string of the molecule is Cc1ccc(F)c(OC[C@H](O)/C=C/[C@@H]2[C@H]3CC[C@H](CCCC(=O)OC(C)C)CO[C@H]3C[C@H]2O)c1. The lowest BCUT2D eigenvalue weighted by atomic mass is 9.86. The van der Waals surface area contributed by atoms with Crippen molar-refractivity contribution in [1.29, 1.82) is 0 Å². The van der Waals surface area contributed by atoms with Gasteiger partial charge in [0.15, 0.2) is 11.6 Å². The maximum atomic E-state index is 13.8. The van der Waals surface area contributed by atoms with Crippen LogP contribution in [0.5, 0.6) is 5.75 Å². The van der Waals surface area contributed by atoms with Crippen LogP contribution in [0.15, 0.2) is 30.4 Å². The van der Waals surface area contributed by atoms with Gasteiger partial charge < -0.3 is 24.4 Å². The van der Waals surface area contributed by atoms with Crippen LogP contribution < -0.4 is 4.74 Å². The summed E-state index contributed by atoms with van der Waals surface area (Å²) in [6, 6.07) is 4.61. The molecule has 0 amide bonds. The second kappa shape index (κ2) is 12.7. The van der Waals surface area contributed by atoms with Crippen LogP contribution in [0.4, 0.5) is 4.39 Å². The quantitative estimate of drug-likeness (QED) is 0.384. The number of carbonyl (C=O) groups is 1. The highest BCUT2D eigenvalue weighted by Crippen LogP contribution is 2.42. The van der Waals surface area contributed by atoms with Crippen molar-refractivity contribution in [3.63, 3.8) is 0 Å². The molecule has 1 heterocycles. The fourth-order valence-electron chi connectivity index (χ4n) is 5.01. The Labute approximate surface area is 202 Å². The van der Waals surface area contributed by atoms with Crippen LogP contribution in [0.1, 0.15) is 57.9 Å². The van der Waals surface area contributed by atoms with Crippen molar-refractivity contribution < 1.29 is 33.6 Å². The molecule has 1 aliphatic heterocycles. The summed E-state index contributed by atoms with van der Waals surface area (Å²) in [5.74, 6) is -0.0173. The number of hydrogen-bond donors (Lipinski definition) is 2. The number of halogens is 1. The number of benzene rings is 1. The number of ether oxygens (including phenoxy) is 3. The van der Waals surface area contributed by atoms with Gasteiger partial charge in [0, 0.05) is 25.4 Å². The minimum atomic E-state index is -0.906. The Morgan fingerprint density at radius 1 is 1.32 bits per heavy atom. The number of rotatable bonds is 10. The molecule has 2 N–H and O–H groups in total. The maximum absolute atomic E-state index is 13.8. The molecule has 6 atom stereocenters. The van der Waals surface area contributed by atoms with Crippen LogP contribution in [-0.4, -0.2) is 53.8 Å². The lowest BCUT2D eigenvalue weighted by Crippen LogP contribution is -2.22. The predicted molar refractivity (Wildman–Crippen MR) is 127 cm³/mol. The molecular weight excluding hydrogens is 439 g/mol. The molecular formula is C27H39FO6. The van der Waals surface area contributed by atoms with Gasteiger partial charge in [-0.15, -0.1) is 0 Å². The summed E-state index contributed by atoms with van der Waals surface area (Å²) >= 11 is 0. The minimum Gasteiger partial charge on any atom is -0.487 e. The molecule has 2 aliphatic rings. The molecule has 0 unspecified atom stereocenters. The molecule has 1 aromatic rings. The Balaban J connectivity index is 1.47. The van der Waals surface area contributed by atoms with Gasteiger partial charge in [-0.25, -0.2) is 4.39 Å². The van der Waals surface area contributed by atoms with E-state index in [4.69, 9.17) is 14.2 Å². The summed E-state index contributed by atoms with van der Waals surface area (Å²) in [5, 5.41) is 20.9. The predicted octanol–water partition coefficient (Wildman–Crippen LogP) is 4.34. The summed E-state index contributed by atoms with van der Waals surface area (Å²) in [5.41, 5.74) is 0.878. The second-order valence-electron chi connectivity index (χ2n) is 9.99. The number of aryl methyl sites for hydroxylation is 1. The Morgan fingerprint density at radius 3 is 2.88 bits per heavy atom. The number of aliphatic hydroxyl groups is 2. The summed E-state index contributed by atoms with van der Waals surface area (Å²) in [4.78, 5) is 11.8. The monoisotopic (exact) mass is 478 g/mol.